The van der Waals surface area contributed by atoms with Gasteiger partial charge in [-0.25, -0.2) is 0 Å². The van der Waals surface area contributed by atoms with Crippen molar-refractivity contribution in [2.75, 3.05) is 0 Å². The van der Waals surface area contributed by atoms with Gasteiger partial charge in [0.25, 0.3) is 0 Å². The van der Waals surface area contributed by atoms with Crippen molar-refractivity contribution < 1.29 is 14.7 Å². The van der Waals surface area contributed by atoms with Crippen LogP contribution in [0.2, 0.25) is 5.02 Å². The summed E-state index contributed by atoms with van der Waals surface area (Å²) in [6.07, 6.45) is 4.70. The monoisotopic (exact) mass is 375 g/mol. The van der Waals surface area contributed by atoms with Crippen LogP contribution in [-0.2, 0) is 11.8 Å². The van der Waals surface area contributed by atoms with E-state index in [1.165, 1.54) is 0 Å². The molecule has 0 fully saturated rings. The number of ketones is 1. The zero-order valence-electron chi connectivity index (χ0n) is 15.6. The molecule has 0 saturated heterocycles. The second-order valence-electron chi connectivity index (χ2n) is 6.74. The van der Waals surface area contributed by atoms with Crippen LogP contribution < -0.4 is 0 Å². The molecule has 0 aliphatic carbocycles. The van der Waals surface area contributed by atoms with Crippen molar-refractivity contribution in [1.29, 1.82) is 0 Å². The summed E-state index contributed by atoms with van der Waals surface area (Å²) >= 11 is 5.89. The standard InChI is InChI=1S/C21H26ClNO3/c1-4-5-6-7-8-17(21(25)26)18-13-14(2)19(23(18)3)20(24)15-9-11-16(22)12-10-15/h9-13,17H,4-8H2,1-3H3,(H,25,26). The first kappa shape index (κ1) is 20.2. The largest absolute Gasteiger partial charge is 0.481 e. The van der Waals surface area contributed by atoms with E-state index < -0.39 is 11.9 Å². The molecule has 0 saturated carbocycles. The summed E-state index contributed by atoms with van der Waals surface area (Å²) in [6.45, 7) is 3.98. The van der Waals surface area contributed by atoms with Gasteiger partial charge in [-0.1, -0.05) is 44.2 Å². The highest BCUT2D eigenvalue weighted by molar-refractivity contribution is 6.30. The minimum Gasteiger partial charge on any atom is -0.481 e. The first-order valence-electron chi connectivity index (χ1n) is 9.06. The minimum absolute atomic E-state index is 0.122. The van der Waals surface area contributed by atoms with Crippen LogP contribution in [0.25, 0.3) is 0 Å². The highest BCUT2D eigenvalue weighted by atomic mass is 35.5. The van der Waals surface area contributed by atoms with Gasteiger partial charge in [0.15, 0.2) is 0 Å². The second-order valence-corrected chi connectivity index (χ2v) is 7.17. The number of aromatic nitrogens is 1. The number of aliphatic carboxylic acids is 1. The summed E-state index contributed by atoms with van der Waals surface area (Å²) in [5.41, 5.74) is 2.55. The molecule has 26 heavy (non-hydrogen) atoms. The Morgan fingerprint density at radius 2 is 1.81 bits per heavy atom. The lowest BCUT2D eigenvalue weighted by atomic mass is 9.97. The van der Waals surface area contributed by atoms with Crippen LogP contribution in [0, 0.1) is 6.92 Å². The van der Waals surface area contributed by atoms with E-state index in [1.54, 1.807) is 35.9 Å². The van der Waals surface area contributed by atoms with Gasteiger partial charge >= 0.3 is 5.97 Å². The van der Waals surface area contributed by atoms with Crippen LogP contribution in [0.15, 0.2) is 30.3 Å². The molecule has 0 radical (unpaired) electrons. The first-order valence-corrected chi connectivity index (χ1v) is 9.43. The van der Waals surface area contributed by atoms with E-state index in [1.807, 2.05) is 13.0 Å². The molecular formula is C21H26ClNO3. The van der Waals surface area contributed by atoms with Gasteiger partial charge in [-0.05, 0) is 49.2 Å². The van der Waals surface area contributed by atoms with Gasteiger partial charge in [-0.15, -0.1) is 0 Å². The van der Waals surface area contributed by atoms with Crippen molar-refractivity contribution in [2.45, 2.75) is 51.9 Å². The van der Waals surface area contributed by atoms with Crippen molar-refractivity contribution in [1.82, 2.24) is 4.57 Å². The predicted octanol–water partition coefficient (Wildman–Crippen LogP) is 5.36. The summed E-state index contributed by atoms with van der Waals surface area (Å²) < 4.78 is 1.74. The van der Waals surface area contributed by atoms with Gasteiger partial charge in [-0.3, -0.25) is 9.59 Å². The third-order valence-corrected chi connectivity index (χ3v) is 5.04. The van der Waals surface area contributed by atoms with Crippen LogP contribution in [0.3, 0.4) is 0 Å². The number of aryl methyl sites for hydroxylation is 1. The number of carbonyl (C=O) groups is 2. The first-order chi connectivity index (χ1) is 12.4. The van der Waals surface area contributed by atoms with Gasteiger partial charge in [0, 0.05) is 23.3 Å². The number of hydrogen-bond acceptors (Lipinski definition) is 2. The lowest BCUT2D eigenvalue weighted by Crippen LogP contribution is -2.17. The zero-order valence-corrected chi connectivity index (χ0v) is 16.3. The average Bonchev–Trinajstić information content (AvgIpc) is 2.89. The molecule has 0 aliphatic heterocycles. The van der Waals surface area contributed by atoms with Gasteiger partial charge in [0.05, 0.1) is 11.6 Å². The molecule has 0 aliphatic rings. The molecule has 0 amide bonds. The molecule has 2 rings (SSSR count). The van der Waals surface area contributed by atoms with E-state index in [-0.39, 0.29) is 5.78 Å². The molecule has 1 aromatic heterocycles. The molecule has 1 N–H and O–H groups in total. The molecule has 140 valence electrons. The van der Waals surface area contributed by atoms with Crippen LogP contribution in [0.4, 0.5) is 0 Å². The summed E-state index contributed by atoms with van der Waals surface area (Å²) in [5.74, 6) is -1.56. The van der Waals surface area contributed by atoms with Crippen molar-refractivity contribution in [3.05, 3.63) is 57.9 Å². The van der Waals surface area contributed by atoms with Crippen LogP contribution in [0.5, 0.6) is 0 Å². The molecule has 1 aromatic carbocycles. The summed E-state index contributed by atoms with van der Waals surface area (Å²) in [4.78, 5) is 24.7. The third kappa shape index (κ3) is 4.55. The van der Waals surface area contributed by atoms with Crippen LogP contribution >= 0.6 is 11.6 Å². The number of halogens is 1. The maximum Gasteiger partial charge on any atom is 0.312 e. The summed E-state index contributed by atoms with van der Waals surface area (Å²) in [5, 5.41) is 10.3. The van der Waals surface area contributed by atoms with E-state index in [0.29, 0.717) is 28.4 Å². The van der Waals surface area contributed by atoms with Crippen molar-refractivity contribution in [3.63, 3.8) is 0 Å². The van der Waals surface area contributed by atoms with Crippen LogP contribution in [-0.4, -0.2) is 21.4 Å². The molecule has 1 unspecified atom stereocenters. The SMILES string of the molecule is CCCCCCC(C(=O)O)c1cc(C)c(C(=O)c2ccc(Cl)cc2)n1C. The molecule has 0 spiro atoms. The highest BCUT2D eigenvalue weighted by Gasteiger charge is 2.26. The topological polar surface area (TPSA) is 59.3 Å². The Labute approximate surface area is 159 Å². The fourth-order valence-corrected chi connectivity index (χ4v) is 3.48. The normalized spacial score (nSPS) is 12.2. The number of carboxylic acids is 1. The van der Waals surface area contributed by atoms with Crippen molar-refractivity contribution >= 4 is 23.4 Å². The molecule has 0 bridgehead atoms. The van der Waals surface area contributed by atoms with Gasteiger partial charge in [-0.2, -0.15) is 0 Å². The number of unbranched alkanes of at least 4 members (excludes halogenated alkanes) is 3. The Hall–Kier alpha value is -2.07. The lowest BCUT2D eigenvalue weighted by molar-refractivity contribution is -0.139. The maximum atomic E-state index is 12.9. The van der Waals surface area contributed by atoms with E-state index in [2.05, 4.69) is 6.92 Å². The fourth-order valence-electron chi connectivity index (χ4n) is 3.36. The predicted molar refractivity (Wildman–Crippen MR) is 104 cm³/mol. The smallest absolute Gasteiger partial charge is 0.312 e. The number of nitrogens with zero attached hydrogens (tertiary/aromatic N) is 1. The summed E-state index contributed by atoms with van der Waals surface area (Å²) in [6, 6.07) is 8.58. The number of carboxylic acid groups (broad SMARTS) is 1. The van der Waals surface area contributed by atoms with E-state index >= 15 is 0 Å². The van der Waals surface area contributed by atoms with E-state index in [9.17, 15) is 14.7 Å². The van der Waals surface area contributed by atoms with Gasteiger partial charge in [0.2, 0.25) is 5.78 Å². The summed E-state index contributed by atoms with van der Waals surface area (Å²) in [7, 11) is 1.77. The Bertz CT molecular complexity index is 777. The Kier molecular flexibility index (Phi) is 7.04. The lowest BCUT2D eigenvalue weighted by Gasteiger charge is -2.15. The van der Waals surface area contributed by atoms with Gasteiger partial charge in [0.1, 0.15) is 0 Å². The Balaban J connectivity index is 2.31. The van der Waals surface area contributed by atoms with E-state index in [4.69, 9.17) is 11.6 Å². The number of hydrogen-bond donors (Lipinski definition) is 1. The van der Waals surface area contributed by atoms with Crippen LogP contribution in [0.1, 0.15) is 72.3 Å². The average molecular weight is 376 g/mol. The van der Waals surface area contributed by atoms with Crippen molar-refractivity contribution in [2.24, 2.45) is 7.05 Å². The molecule has 1 atom stereocenters. The maximum absolute atomic E-state index is 12.9. The Morgan fingerprint density at radius 3 is 2.38 bits per heavy atom. The molecule has 5 heteroatoms. The Morgan fingerprint density at radius 1 is 1.15 bits per heavy atom. The fraction of sp³-hybridized carbons (Fsp3) is 0.429. The molecule has 4 nitrogen and oxygen atoms in total. The van der Waals surface area contributed by atoms with Gasteiger partial charge < -0.3 is 9.67 Å². The molecule has 2 aromatic rings. The quantitative estimate of drug-likeness (QED) is 0.474. The number of carbonyl (C=O) groups excluding carboxylic acids is 1. The second kappa shape index (κ2) is 9.04. The minimum atomic E-state index is -0.840. The van der Waals surface area contributed by atoms with Crippen molar-refractivity contribution in [3.8, 4) is 0 Å². The van der Waals surface area contributed by atoms with E-state index in [0.717, 1.165) is 31.2 Å². The number of rotatable bonds is 9. The zero-order chi connectivity index (χ0) is 19.3. The molecular weight excluding hydrogens is 350 g/mol. The number of benzene rings is 1. The highest BCUT2D eigenvalue weighted by Crippen LogP contribution is 2.28. The molecule has 1 heterocycles. The third-order valence-electron chi connectivity index (χ3n) is 4.78.